The standard InChI is InChI=1S/C16H20P.BO3/c1-17(2,13-15-9-5-3-6-10-15)14-16-11-7-4-8-12-16;2-1(3)4/h3-12H,13-14H2,1-2H3;/q+1;-3/p+2. The van der Waals surface area contributed by atoms with Gasteiger partial charge in [0.25, 0.3) is 0 Å². The second-order valence-corrected chi connectivity index (χ2v) is 10.0. The molecule has 0 aliphatic carbocycles. The maximum absolute atomic E-state index is 8.42. The molecule has 0 aliphatic heterocycles. The smallest absolute Gasteiger partial charge is 0.907 e. The number of rotatable bonds is 4. The first kappa shape index (κ1) is 17.9. The molecular weight excluding hydrogens is 282 g/mol. The average molecular weight is 304 g/mol. The van der Waals surface area contributed by atoms with E-state index in [9.17, 15) is 0 Å². The van der Waals surface area contributed by atoms with E-state index in [-0.39, 0.29) is 2.85 Å². The third kappa shape index (κ3) is 8.64. The summed E-state index contributed by atoms with van der Waals surface area (Å²) in [6.45, 7) is 4.90. The number of hydrogen-bond acceptors (Lipinski definition) is 3. The highest BCUT2D eigenvalue weighted by atomic mass is 31.2. The lowest BCUT2D eigenvalue weighted by Gasteiger charge is -2.35. The molecule has 0 unspecified atom stereocenters. The summed E-state index contributed by atoms with van der Waals surface area (Å²) >= 11 is 0. The lowest BCUT2D eigenvalue weighted by atomic mass is 10.2. The van der Waals surface area contributed by atoms with E-state index in [1.807, 2.05) is 0 Å². The Labute approximate surface area is 130 Å². The first-order chi connectivity index (χ1) is 9.89. The molecule has 0 heterocycles. The molecular formula is C16H22BO3P. The quantitative estimate of drug-likeness (QED) is 0.623. The summed E-state index contributed by atoms with van der Waals surface area (Å²) in [5.74, 6) is 0. The van der Waals surface area contributed by atoms with Crippen LogP contribution >= 0.6 is 7.26 Å². The van der Waals surface area contributed by atoms with Crippen LogP contribution in [0.4, 0.5) is 0 Å². The minimum absolute atomic E-state index is 0. The van der Waals surface area contributed by atoms with Gasteiger partial charge >= 0.3 is 2.85 Å². The highest BCUT2D eigenvalue weighted by molar-refractivity contribution is 7.72. The van der Waals surface area contributed by atoms with Crippen LogP contribution in [0.2, 0.25) is 0 Å². The van der Waals surface area contributed by atoms with Gasteiger partial charge in [0.1, 0.15) is 0 Å². The van der Waals surface area contributed by atoms with Crippen molar-refractivity contribution in [1.29, 1.82) is 0 Å². The van der Waals surface area contributed by atoms with Crippen molar-refractivity contribution < 1.29 is 17.9 Å². The highest BCUT2D eigenvalue weighted by Crippen LogP contribution is 2.57. The summed E-state index contributed by atoms with van der Waals surface area (Å²) in [4.78, 5) is 0. The van der Waals surface area contributed by atoms with Gasteiger partial charge in [-0.05, 0) is 11.1 Å². The molecule has 0 aliphatic rings. The Morgan fingerprint density at radius 3 is 1.33 bits per heavy atom. The molecule has 0 spiro atoms. The van der Waals surface area contributed by atoms with Crippen LogP contribution in [0.5, 0.6) is 0 Å². The predicted molar refractivity (Wildman–Crippen MR) is 87.0 cm³/mol. The maximum atomic E-state index is 8.42. The van der Waals surface area contributed by atoms with Gasteiger partial charge in [0.2, 0.25) is 0 Å². The van der Waals surface area contributed by atoms with Crippen molar-refractivity contribution in [1.82, 2.24) is 0 Å². The van der Waals surface area contributed by atoms with Crippen LogP contribution in [-0.2, 0) is 12.3 Å². The number of benzene rings is 2. The van der Waals surface area contributed by atoms with Gasteiger partial charge in [0.05, 0.1) is 12.3 Å². The van der Waals surface area contributed by atoms with Gasteiger partial charge in [-0.25, -0.2) is 0 Å². The molecule has 0 radical (unpaired) electrons. The van der Waals surface area contributed by atoms with E-state index in [4.69, 9.17) is 15.1 Å². The Bertz CT molecular complexity index is 467. The Balaban J connectivity index is 0. The Morgan fingerprint density at radius 2 is 1.05 bits per heavy atom. The van der Waals surface area contributed by atoms with E-state index in [0.29, 0.717) is 0 Å². The minimum Gasteiger partial charge on any atom is -0.907 e. The molecule has 0 amide bonds. The van der Waals surface area contributed by atoms with Gasteiger partial charge in [-0.1, -0.05) is 60.7 Å². The van der Waals surface area contributed by atoms with E-state index < -0.39 is 14.6 Å². The first-order valence-corrected chi connectivity index (χ1v) is 9.82. The van der Waals surface area contributed by atoms with Crippen LogP contribution in [0, 0.1) is 0 Å². The van der Waals surface area contributed by atoms with E-state index >= 15 is 0 Å². The summed E-state index contributed by atoms with van der Waals surface area (Å²) in [7, 11) is -3.80. The van der Waals surface area contributed by atoms with Crippen molar-refractivity contribution in [3.05, 3.63) is 71.8 Å². The van der Waals surface area contributed by atoms with E-state index in [0.717, 1.165) is 0 Å². The van der Waals surface area contributed by atoms with Crippen molar-refractivity contribution in [2.45, 2.75) is 12.3 Å². The van der Waals surface area contributed by atoms with E-state index in [1.54, 1.807) is 0 Å². The molecule has 0 N–H and O–H groups in total. The molecule has 5 heteroatoms. The molecule has 2 rings (SSSR count). The second kappa shape index (κ2) is 8.96. The van der Waals surface area contributed by atoms with E-state index in [1.165, 1.54) is 23.5 Å². The fourth-order valence-electron chi connectivity index (χ4n) is 2.21. The summed E-state index contributed by atoms with van der Waals surface area (Å²) < 4.78 is 0. The largest absolute Gasteiger partial charge is 1.00 e. The molecule has 3 nitrogen and oxygen atoms in total. The second-order valence-electron chi connectivity index (χ2n) is 5.51. The summed E-state index contributed by atoms with van der Waals surface area (Å²) in [5, 5.41) is 25.2. The fraction of sp³-hybridized carbons (Fsp3) is 0.250. The van der Waals surface area contributed by atoms with Gasteiger partial charge in [-0.15, -0.1) is 0 Å². The van der Waals surface area contributed by atoms with Gasteiger partial charge in [0.15, 0.2) is 0 Å². The van der Waals surface area contributed by atoms with Crippen molar-refractivity contribution in [3.8, 4) is 0 Å². The van der Waals surface area contributed by atoms with Crippen molar-refractivity contribution in [3.63, 3.8) is 0 Å². The lowest BCUT2D eigenvalue weighted by molar-refractivity contribution is -0.479. The van der Waals surface area contributed by atoms with Crippen LogP contribution in [0.3, 0.4) is 0 Å². The van der Waals surface area contributed by atoms with Gasteiger partial charge < -0.3 is 15.1 Å². The van der Waals surface area contributed by atoms with Crippen LogP contribution in [0.15, 0.2) is 60.7 Å². The van der Waals surface area contributed by atoms with Gasteiger partial charge in [-0.3, -0.25) is 7.32 Å². The monoisotopic (exact) mass is 304 g/mol. The molecule has 2 aromatic rings. The SMILES string of the molecule is C[P+](C)(Cc1ccccc1)Cc1ccccc1.[H+].[H+].[O-]B([O-])[O-]. The molecule has 0 saturated carbocycles. The fourth-order valence-corrected chi connectivity index (χ4v) is 4.72. The zero-order valence-corrected chi connectivity index (χ0v) is 13.3. The topological polar surface area (TPSA) is 69.2 Å². The molecule has 0 bridgehead atoms. The molecule has 0 atom stereocenters. The van der Waals surface area contributed by atoms with Gasteiger partial charge in [-0.2, -0.15) is 0 Å². The summed E-state index contributed by atoms with van der Waals surface area (Å²) in [6.07, 6.45) is 2.48. The molecule has 0 fully saturated rings. The Kier molecular flexibility index (Phi) is 7.62. The van der Waals surface area contributed by atoms with Crippen LogP contribution < -0.4 is 15.1 Å². The third-order valence-electron chi connectivity index (χ3n) is 2.91. The van der Waals surface area contributed by atoms with Crippen molar-refractivity contribution >= 4 is 14.6 Å². The van der Waals surface area contributed by atoms with E-state index in [2.05, 4.69) is 74.0 Å². The molecule has 0 saturated heterocycles. The lowest BCUT2D eigenvalue weighted by Crippen LogP contribution is -2.56. The van der Waals surface area contributed by atoms with Crippen molar-refractivity contribution in [2.24, 2.45) is 0 Å². The molecule has 0 aromatic heterocycles. The van der Waals surface area contributed by atoms with Crippen LogP contribution in [-0.4, -0.2) is 20.7 Å². The summed E-state index contributed by atoms with van der Waals surface area (Å²) in [5.41, 5.74) is 2.95. The summed E-state index contributed by atoms with van der Waals surface area (Å²) in [6, 6.07) is 21.7. The van der Waals surface area contributed by atoms with Gasteiger partial charge in [0, 0.05) is 20.6 Å². The van der Waals surface area contributed by atoms with Crippen molar-refractivity contribution in [2.75, 3.05) is 13.3 Å². The van der Waals surface area contributed by atoms with Crippen LogP contribution in [0.1, 0.15) is 14.0 Å². The predicted octanol–water partition coefficient (Wildman–Crippen LogP) is 0.941. The highest BCUT2D eigenvalue weighted by Gasteiger charge is 2.25. The average Bonchev–Trinajstić information content (AvgIpc) is 2.39. The third-order valence-corrected chi connectivity index (χ3v) is 5.35. The minimum atomic E-state index is -2.92. The maximum Gasteiger partial charge on any atom is 1.00 e. The molecule has 2 aromatic carbocycles. The Hall–Kier alpha value is -1.19. The normalized spacial score (nSPS) is 10.5. The zero-order chi connectivity index (χ0) is 15.7. The van der Waals surface area contributed by atoms with Crippen LogP contribution in [0.25, 0.3) is 0 Å². The number of hydrogen-bond donors (Lipinski definition) is 0. The first-order valence-electron chi connectivity index (χ1n) is 6.76. The zero-order valence-electron chi connectivity index (χ0n) is 14.4. The molecule has 21 heavy (non-hydrogen) atoms. The molecule has 112 valence electrons. The Morgan fingerprint density at radius 1 is 0.762 bits per heavy atom.